The molecule has 0 atom stereocenters. The second kappa shape index (κ2) is 4.28. The number of rotatable bonds is 0. The number of esters is 1. The summed E-state index contributed by atoms with van der Waals surface area (Å²) in [4.78, 5) is 10.7. The van der Waals surface area contributed by atoms with Gasteiger partial charge in [-0.2, -0.15) is 0 Å². The van der Waals surface area contributed by atoms with Gasteiger partial charge in [-0.15, -0.1) is 0 Å². The Kier molecular flexibility index (Phi) is 3.08. The minimum Gasteiger partial charge on any atom is -0.459 e. The molecule has 0 aromatic heterocycles. The Morgan fingerprint density at radius 1 is 1.57 bits per heavy atom. The van der Waals surface area contributed by atoms with Crippen molar-refractivity contribution in [2.45, 2.75) is 0 Å². The van der Waals surface area contributed by atoms with Crippen molar-refractivity contribution in [2.75, 3.05) is 12.8 Å². The molecule has 0 radical (unpaired) electrons. The average Bonchev–Trinajstić information content (AvgIpc) is 2.19. The van der Waals surface area contributed by atoms with Crippen LogP contribution >= 0.6 is 0 Å². The van der Waals surface area contributed by atoms with Gasteiger partial charge in [0.25, 0.3) is 0 Å². The van der Waals surface area contributed by atoms with Crippen molar-refractivity contribution in [1.82, 2.24) is 0 Å². The van der Waals surface area contributed by atoms with Crippen LogP contribution in [0.5, 0.6) is 0 Å². The first-order valence-electron chi connectivity index (χ1n) is 3.78. The molecule has 0 spiro atoms. The fraction of sp³-hybridized carbons (Fsp3) is 0.100. The molecule has 72 valence electrons. The van der Waals surface area contributed by atoms with Crippen molar-refractivity contribution in [3.8, 4) is 11.8 Å². The van der Waals surface area contributed by atoms with Gasteiger partial charge in [-0.1, -0.05) is 5.92 Å². The number of nitrogen functional groups attached to an aromatic ring is 1. The lowest BCUT2D eigenvalue weighted by atomic mass is 10.2. The predicted octanol–water partition coefficient (Wildman–Crippen LogP) is 0.932. The van der Waals surface area contributed by atoms with E-state index in [0.29, 0.717) is 5.69 Å². The molecule has 0 fully saturated rings. The van der Waals surface area contributed by atoms with Crippen LogP contribution in [0.15, 0.2) is 18.2 Å². The highest BCUT2D eigenvalue weighted by Gasteiger charge is 1.98. The van der Waals surface area contributed by atoms with Crippen molar-refractivity contribution in [2.24, 2.45) is 0 Å². The minimum absolute atomic E-state index is 0.274. The molecule has 3 nitrogen and oxygen atoms in total. The summed E-state index contributed by atoms with van der Waals surface area (Å²) in [5.41, 5.74) is 6.09. The first-order chi connectivity index (χ1) is 6.63. The second-order valence-electron chi connectivity index (χ2n) is 2.47. The SMILES string of the molecule is COC(=O)C#Cc1cc(F)ccc1N. The quantitative estimate of drug-likeness (QED) is 0.379. The molecule has 0 aliphatic heterocycles. The van der Waals surface area contributed by atoms with Gasteiger partial charge in [0, 0.05) is 11.6 Å². The topological polar surface area (TPSA) is 52.3 Å². The molecule has 14 heavy (non-hydrogen) atoms. The van der Waals surface area contributed by atoms with Gasteiger partial charge in [0.1, 0.15) is 5.82 Å². The number of anilines is 1. The lowest BCUT2D eigenvalue weighted by Gasteiger charge is -1.96. The van der Waals surface area contributed by atoms with Gasteiger partial charge < -0.3 is 10.5 Å². The zero-order chi connectivity index (χ0) is 10.6. The van der Waals surface area contributed by atoms with Crippen LogP contribution in [0.1, 0.15) is 5.56 Å². The molecule has 0 aliphatic carbocycles. The standard InChI is InChI=1S/C10H8FNO2/c1-14-10(13)5-2-7-6-8(11)3-4-9(7)12/h3-4,6H,12H2,1H3. The molecular formula is C10H8FNO2. The number of methoxy groups -OCH3 is 1. The smallest absolute Gasteiger partial charge is 0.384 e. The highest BCUT2D eigenvalue weighted by atomic mass is 19.1. The highest BCUT2D eigenvalue weighted by molar-refractivity contribution is 5.89. The summed E-state index contributed by atoms with van der Waals surface area (Å²) in [5, 5.41) is 0. The van der Waals surface area contributed by atoms with E-state index in [1.807, 2.05) is 0 Å². The van der Waals surface area contributed by atoms with Crippen molar-refractivity contribution in [3.05, 3.63) is 29.6 Å². The van der Waals surface area contributed by atoms with Crippen molar-refractivity contribution >= 4 is 11.7 Å². The number of benzene rings is 1. The molecule has 1 rings (SSSR count). The molecule has 0 saturated heterocycles. The molecule has 1 aromatic carbocycles. The molecule has 2 N–H and O–H groups in total. The summed E-state index contributed by atoms with van der Waals surface area (Å²) < 4.78 is 17.0. The maximum absolute atomic E-state index is 12.7. The Morgan fingerprint density at radius 3 is 2.93 bits per heavy atom. The average molecular weight is 193 g/mol. The molecule has 0 unspecified atom stereocenters. The largest absolute Gasteiger partial charge is 0.459 e. The van der Waals surface area contributed by atoms with Crippen LogP contribution < -0.4 is 5.73 Å². The number of carbonyl (C=O) groups excluding carboxylic acids is 1. The molecular weight excluding hydrogens is 185 g/mol. The Balaban J connectivity index is 3.00. The van der Waals surface area contributed by atoms with Crippen LogP contribution in [0.3, 0.4) is 0 Å². The number of halogens is 1. The fourth-order valence-corrected chi connectivity index (χ4v) is 0.806. The second-order valence-corrected chi connectivity index (χ2v) is 2.47. The number of carbonyl (C=O) groups is 1. The van der Waals surface area contributed by atoms with E-state index in [1.165, 1.54) is 19.2 Å². The molecule has 4 heteroatoms. The van der Waals surface area contributed by atoms with Crippen molar-refractivity contribution in [1.29, 1.82) is 0 Å². The van der Waals surface area contributed by atoms with Crippen LogP contribution in [-0.2, 0) is 9.53 Å². The first-order valence-corrected chi connectivity index (χ1v) is 3.78. The lowest BCUT2D eigenvalue weighted by Crippen LogP contribution is -1.96. The van der Waals surface area contributed by atoms with Crippen LogP contribution in [0.4, 0.5) is 10.1 Å². The monoisotopic (exact) mass is 193 g/mol. The summed E-state index contributed by atoms with van der Waals surface area (Å²) in [5.74, 6) is 3.44. The van der Waals surface area contributed by atoms with E-state index in [2.05, 4.69) is 16.6 Å². The number of ether oxygens (including phenoxy) is 1. The van der Waals surface area contributed by atoms with Crippen LogP contribution in [0.25, 0.3) is 0 Å². The first kappa shape index (κ1) is 10.1. The molecule has 0 bridgehead atoms. The van der Waals surface area contributed by atoms with E-state index in [0.717, 1.165) is 6.07 Å². The molecule has 0 saturated carbocycles. The highest BCUT2D eigenvalue weighted by Crippen LogP contribution is 2.11. The molecule has 0 aliphatic rings. The van der Waals surface area contributed by atoms with E-state index in [9.17, 15) is 9.18 Å². The van der Waals surface area contributed by atoms with Gasteiger partial charge in [0.2, 0.25) is 0 Å². The van der Waals surface area contributed by atoms with Gasteiger partial charge >= 0.3 is 5.97 Å². The van der Waals surface area contributed by atoms with E-state index < -0.39 is 11.8 Å². The summed E-state index contributed by atoms with van der Waals surface area (Å²) in [6, 6.07) is 3.76. The Bertz CT molecular complexity index is 418. The van der Waals surface area contributed by atoms with Crippen molar-refractivity contribution < 1.29 is 13.9 Å². The predicted molar refractivity (Wildman–Crippen MR) is 49.7 cm³/mol. The van der Waals surface area contributed by atoms with E-state index >= 15 is 0 Å². The summed E-state index contributed by atoms with van der Waals surface area (Å²) >= 11 is 0. The lowest BCUT2D eigenvalue weighted by molar-refractivity contribution is -0.133. The zero-order valence-electron chi connectivity index (χ0n) is 7.50. The number of nitrogens with two attached hydrogens (primary N) is 1. The van der Waals surface area contributed by atoms with Crippen molar-refractivity contribution in [3.63, 3.8) is 0 Å². The molecule has 0 amide bonds. The molecule has 1 aromatic rings. The Labute approximate surface area is 80.7 Å². The normalized spacial score (nSPS) is 8.71. The van der Waals surface area contributed by atoms with Gasteiger partial charge in [0.05, 0.1) is 12.7 Å². The Morgan fingerprint density at radius 2 is 2.29 bits per heavy atom. The van der Waals surface area contributed by atoms with Gasteiger partial charge in [-0.3, -0.25) is 0 Å². The van der Waals surface area contributed by atoms with Gasteiger partial charge in [-0.05, 0) is 18.2 Å². The van der Waals surface area contributed by atoms with E-state index in [4.69, 9.17) is 5.73 Å². The fourth-order valence-electron chi connectivity index (χ4n) is 0.806. The summed E-state index contributed by atoms with van der Waals surface area (Å²) in [6.45, 7) is 0. The summed E-state index contributed by atoms with van der Waals surface area (Å²) in [7, 11) is 1.21. The van der Waals surface area contributed by atoms with Crippen LogP contribution in [-0.4, -0.2) is 13.1 Å². The Hall–Kier alpha value is -2.02. The van der Waals surface area contributed by atoms with Crippen LogP contribution in [0.2, 0.25) is 0 Å². The third-order valence-corrected chi connectivity index (χ3v) is 1.50. The maximum Gasteiger partial charge on any atom is 0.384 e. The maximum atomic E-state index is 12.7. The molecule has 0 heterocycles. The number of hydrogen-bond donors (Lipinski definition) is 1. The zero-order valence-corrected chi connectivity index (χ0v) is 7.50. The van der Waals surface area contributed by atoms with E-state index in [1.54, 1.807) is 0 Å². The third kappa shape index (κ3) is 2.49. The van der Waals surface area contributed by atoms with Gasteiger partial charge in [0.15, 0.2) is 0 Å². The van der Waals surface area contributed by atoms with Gasteiger partial charge in [-0.25, -0.2) is 9.18 Å². The number of hydrogen-bond acceptors (Lipinski definition) is 3. The third-order valence-electron chi connectivity index (χ3n) is 1.50. The minimum atomic E-state index is -0.686. The summed E-state index contributed by atoms with van der Waals surface area (Å²) in [6.07, 6.45) is 0. The van der Waals surface area contributed by atoms with Crippen LogP contribution in [0, 0.1) is 17.7 Å². The van der Waals surface area contributed by atoms with E-state index in [-0.39, 0.29) is 5.56 Å².